The molecule has 0 aliphatic carbocycles. The quantitative estimate of drug-likeness (QED) is 0.428. The number of carbonyl (C=O) groups is 2. The first-order valence-electron chi connectivity index (χ1n) is 3.79. The molecule has 0 radical (unpaired) electrons. The molecule has 0 saturated carbocycles. The van der Waals surface area contributed by atoms with E-state index in [1.54, 1.807) is 0 Å². The van der Waals surface area contributed by atoms with E-state index in [1.807, 2.05) is 0 Å². The van der Waals surface area contributed by atoms with Crippen molar-refractivity contribution in [3.8, 4) is 0 Å². The molecule has 0 saturated heterocycles. The zero-order valence-electron chi connectivity index (χ0n) is 7.42. The minimum absolute atomic E-state index is 0.178. The van der Waals surface area contributed by atoms with Crippen LogP contribution in [0.1, 0.15) is 6.42 Å². The van der Waals surface area contributed by atoms with Gasteiger partial charge in [0, 0.05) is 0 Å². The molecule has 88 valence electrons. The van der Waals surface area contributed by atoms with E-state index < -0.39 is 28.0 Å². The van der Waals surface area contributed by atoms with Crippen LogP contribution < -0.4 is 0 Å². The van der Waals surface area contributed by atoms with Gasteiger partial charge in [0.05, 0.1) is 0 Å². The van der Waals surface area contributed by atoms with E-state index >= 15 is 0 Å². The first kappa shape index (κ1) is 15.1. The van der Waals surface area contributed by atoms with Crippen LogP contribution >= 0.6 is 46.4 Å². The SMILES string of the molecule is O=C(CC(=O)OCC(Cl)Cl)OCC(Cl)Cl. The lowest BCUT2D eigenvalue weighted by atomic mass is 10.4. The van der Waals surface area contributed by atoms with Crippen LogP contribution in [-0.2, 0) is 19.1 Å². The van der Waals surface area contributed by atoms with Crippen molar-refractivity contribution in [2.45, 2.75) is 16.1 Å². The highest BCUT2D eigenvalue weighted by Gasteiger charge is 2.14. The molecule has 0 rings (SSSR count). The highest BCUT2D eigenvalue weighted by Crippen LogP contribution is 2.04. The van der Waals surface area contributed by atoms with Crippen LogP contribution in [0.5, 0.6) is 0 Å². The van der Waals surface area contributed by atoms with Crippen molar-refractivity contribution in [2.24, 2.45) is 0 Å². The fourth-order valence-corrected chi connectivity index (χ4v) is 0.784. The van der Waals surface area contributed by atoms with E-state index in [4.69, 9.17) is 46.4 Å². The summed E-state index contributed by atoms with van der Waals surface area (Å²) in [5, 5.41) is 0. The lowest BCUT2D eigenvalue weighted by Gasteiger charge is -2.06. The standard InChI is InChI=1S/C7H8Cl4O4/c8-4(9)2-14-6(12)1-7(13)15-3-5(10)11/h4-5H,1-3H2. The van der Waals surface area contributed by atoms with Crippen LogP contribution in [0.25, 0.3) is 0 Å². The van der Waals surface area contributed by atoms with Crippen molar-refractivity contribution in [3.63, 3.8) is 0 Å². The van der Waals surface area contributed by atoms with E-state index in [2.05, 4.69) is 9.47 Å². The van der Waals surface area contributed by atoms with E-state index in [0.717, 1.165) is 0 Å². The molecule has 4 nitrogen and oxygen atoms in total. The first-order chi connectivity index (χ1) is 6.91. The van der Waals surface area contributed by atoms with Crippen LogP contribution in [0.3, 0.4) is 0 Å². The molecule has 8 heteroatoms. The van der Waals surface area contributed by atoms with Crippen LogP contribution in [-0.4, -0.2) is 34.8 Å². The van der Waals surface area contributed by atoms with Crippen molar-refractivity contribution in [3.05, 3.63) is 0 Å². The summed E-state index contributed by atoms with van der Waals surface area (Å²) in [6.07, 6.45) is -0.527. The highest BCUT2D eigenvalue weighted by atomic mass is 35.5. The molecule has 0 heterocycles. The van der Waals surface area contributed by atoms with Gasteiger partial charge in [0.15, 0.2) is 0 Å². The summed E-state index contributed by atoms with van der Waals surface area (Å²) in [4.78, 5) is 20.2. The molecular formula is C7H8Cl4O4. The molecule has 15 heavy (non-hydrogen) atoms. The highest BCUT2D eigenvalue weighted by molar-refractivity contribution is 6.44. The summed E-state index contributed by atoms with van der Waals surface area (Å²) in [7, 11) is 0. The molecule has 0 aromatic carbocycles. The summed E-state index contributed by atoms with van der Waals surface area (Å²) >= 11 is 21.2. The predicted octanol–water partition coefficient (Wildman–Crippen LogP) is 2.07. The molecule has 0 unspecified atom stereocenters. The molecule has 0 bridgehead atoms. The smallest absolute Gasteiger partial charge is 0.317 e. The van der Waals surface area contributed by atoms with Crippen molar-refractivity contribution >= 4 is 58.3 Å². The number of ether oxygens (including phenoxy) is 2. The largest absolute Gasteiger partial charge is 0.462 e. The Morgan fingerprint density at radius 1 is 0.867 bits per heavy atom. The number of hydrogen-bond acceptors (Lipinski definition) is 4. The molecule has 0 spiro atoms. The van der Waals surface area contributed by atoms with Gasteiger partial charge in [0.25, 0.3) is 0 Å². The Balaban J connectivity index is 3.63. The number of carbonyl (C=O) groups excluding carboxylic acids is 2. The average molecular weight is 298 g/mol. The molecule has 0 aromatic rings. The number of rotatable bonds is 6. The van der Waals surface area contributed by atoms with Crippen molar-refractivity contribution in [1.29, 1.82) is 0 Å². The number of halogens is 4. The minimum atomic E-state index is -0.819. The average Bonchev–Trinajstić information content (AvgIpc) is 2.11. The number of alkyl halides is 4. The van der Waals surface area contributed by atoms with Crippen LogP contribution in [0, 0.1) is 0 Å². The van der Waals surface area contributed by atoms with Gasteiger partial charge in [-0.1, -0.05) is 0 Å². The maximum absolute atomic E-state index is 10.9. The maximum Gasteiger partial charge on any atom is 0.317 e. The summed E-state index contributed by atoms with van der Waals surface area (Å²) in [6.45, 7) is -0.355. The maximum atomic E-state index is 10.9. The van der Waals surface area contributed by atoms with Crippen LogP contribution in [0.4, 0.5) is 0 Å². The molecule has 0 aromatic heterocycles. The van der Waals surface area contributed by atoms with Crippen molar-refractivity contribution in [2.75, 3.05) is 13.2 Å². The number of hydrogen-bond donors (Lipinski definition) is 0. The van der Waals surface area contributed by atoms with E-state index in [9.17, 15) is 9.59 Å². The second-order valence-corrected chi connectivity index (χ2v) is 4.88. The van der Waals surface area contributed by atoms with Gasteiger partial charge in [-0.15, -0.1) is 46.4 Å². The zero-order chi connectivity index (χ0) is 11.8. The molecule has 0 aliphatic heterocycles. The molecule has 0 fully saturated rings. The van der Waals surface area contributed by atoms with Gasteiger partial charge < -0.3 is 9.47 Å². The fourth-order valence-electron chi connectivity index (χ4n) is 0.532. The second kappa shape index (κ2) is 8.28. The zero-order valence-corrected chi connectivity index (χ0v) is 10.4. The Morgan fingerprint density at radius 3 is 1.47 bits per heavy atom. The molecule has 0 aliphatic rings. The van der Waals surface area contributed by atoms with Gasteiger partial charge >= 0.3 is 11.9 Å². The van der Waals surface area contributed by atoms with E-state index in [1.165, 1.54) is 0 Å². The normalized spacial score (nSPS) is 10.5. The summed E-state index contributed by atoms with van der Waals surface area (Å²) in [6, 6.07) is 0. The Morgan fingerprint density at radius 2 is 1.20 bits per heavy atom. The third-order valence-corrected chi connectivity index (χ3v) is 1.53. The van der Waals surface area contributed by atoms with Crippen molar-refractivity contribution < 1.29 is 19.1 Å². The Bertz CT molecular complexity index is 197. The third-order valence-electron chi connectivity index (χ3n) is 1.03. The lowest BCUT2D eigenvalue weighted by Crippen LogP contribution is -2.18. The first-order valence-corrected chi connectivity index (χ1v) is 5.54. The number of esters is 2. The van der Waals surface area contributed by atoms with Gasteiger partial charge in [0.1, 0.15) is 29.3 Å². The topological polar surface area (TPSA) is 52.6 Å². The Kier molecular flexibility index (Phi) is 8.33. The molecule has 0 atom stereocenters. The van der Waals surface area contributed by atoms with Gasteiger partial charge in [-0.2, -0.15) is 0 Å². The van der Waals surface area contributed by atoms with Gasteiger partial charge in [0.2, 0.25) is 0 Å². The monoisotopic (exact) mass is 296 g/mol. The fraction of sp³-hybridized carbons (Fsp3) is 0.714. The second-order valence-electron chi connectivity index (χ2n) is 2.32. The van der Waals surface area contributed by atoms with Crippen LogP contribution in [0.2, 0.25) is 0 Å². The Hall–Kier alpha value is 0.1000. The molecule has 0 N–H and O–H groups in total. The predicted molar refractivity (Wildman–Crippen MR) is 57.5 cm³/mol. The summed E-state index contributed by atoms with van der Waals surface area (Å²) < 4.78 is 9.02. The van der Waals surface area contributed by atoms with Crippen LogP contribution in [0.15, 0.2) is 0 Å². The summed E-state index contributed by atoms with van der Waals surface area (Å²) in [5.41, 5.74) is 0. The lowest BCUT2D eigenvalue weighted by molar-refractivity contribution is -0.154. The van der Waals surface area contributed by atoms with Gasteiger partial charge in [-0.3, -0.25) is 9.59 Å². The third kappa shape index (κ3) is 10.4. The van der Waals surface area contributed by atoms with E-state index in [0.29, 0.717) is 0 Å². The molecule has 0 amide bonds. The Labute approximate surface area is 107 Å². The summed E-state index contributed by atoms with van der Waals surface area (Å²) in [5.74, 6) is -1.54. The van der Waals surface area contributed by atoms with Crippen molar-refractivity contribution in [1.82, 2.24) is 0 Å². The van der Waals surface area contributed by atoms with E-state index in [-0.39, 0.29) is 13.2 Å². The van der Waals surface area contributed by atoms with Gasteiger partial charge in [-0.25, -0.2) is 0 Å². The molecular weight excluding hydrogens is 290 g/mol. The van der Waals surface area contributed by atoms with Gasteiger partial charge in [-0.05, 0) is 0 Å². The minimum Gasteiger partial charge on any atom is -0.462 e.